The van der Waals surface area contributed by atoms with Crippen molar-refractivity contribution in [2.24, 2.45) is 11.8 Å². The zero-order chi connectivity index (χ0) is 32.2. The minimum Gasteiger partial charge on any atom is -0.434 e. The number of hydrogen-bond acceptors (Lipinski definition) is 3. The molecule has 0 radical (unpaired) electrons. The van der Waals surface area contributed by atoms with Crippen LogP contribution in [0.1, 0.15) is 233 Å². The van der Waals surface area contributed by atoms with E-state index in [1.165, 1.54) is 205 Å². The molecule has 0 bridgehead atoms. The van der Waals surface area contributed by atoms with Gasteiger partial charge in [0.05, 0.1) is 13.2 Å². The van der Waals surface area contributed by atoms with Crippen LogP contribution in [0.2, 0.25) is 0 Å². The van der Waals surface area contributed by atoms with Crippen molar-refractivity contribution in [2.75, 3.05) is 13.2 Å². The Morgan fingerprint density at radius 1 is 0.341 bits per heavy atom. The molecule has 0 fully saturated rings. The fraction of sp³-hybridized carbons (Fsp3) is 0.976. The Kier molecular flexibility index (Phi) is 36.1. The summed E-state index contributed by atoms with van der Waals surface area (Å²) >= 11 is 0. The fourth-order valence-electron chi connectivity index (χ4n) is 6.60. The van der Waals surface area contributed by atoms with E-state index in [-0.39, 0.29) is 0 Å². The second-order valence-corrected chi connectivity index (χ2v) is 14.2. The molecule has 0 aliphatic heterocycles. The summed E-state index contributed by atoms with van der Waals surface area (Å²) in [5, 5.41) is 0. The highest BCUT2D eigenvalue weighted by Gasteiger charge is 2.16. The Morgan fingerprint density at radius 2 is 0.545 bits per heavy atom. The first-order chi connectivity index (χ1) is 21.7. The first-order valence-corrected chi connectivity index (χ1v) is 20.5. The van der Waals surface area contributed by atoms with E-state index in [2.05, 4.69) is 27.7 Å². The van der Waals surface area contributed by atoms with E-state index < -0.39 is 6.16 Å². The van der Waals surface area contributed by atoms with E-state index in [1.807, 2.05) is 0 Å². The summed E-state index contributed by atoms with van der Waals surface area (Å²) in [6.07, 6.45) is 41.9. The van der Waals surface area contributed by atoms with Gasteiger partial charge in [-0.1, -0.05) is 207 Å². The van der Waals surface area contributed by atoms with E-state index >= 15 is 0 Å². The van der Waals surface area contributed by atoms with Crippen LogP contribution in [0.25, 0.3) is 0 Å². The summed E-state index contributed by atoms with van der Waals surface area (Å²) in [6.45, 7) is 10.2. The van der Waals surface area contributed by atoms with Crippen LogP contribution < -0.4 is 0 Å². The predicted octanol–water partition coefficient (Wildman–Crippen LogP) is 14.9. The van der Waals surface area contributed by atoms with Gasteiger partial charge in [0.15, 0.2) is 0 Å². The molecule has 0 spiro atoms. The van der Waals surface area contributed by atoms with Crippen molar-refractivity contribution >= 4 is 6.16 Å². The highest BCUT2D eigenvalue weighted by atomic mass is 16.7. The van der Waals surface area contributed by atoms with Crippen molar-refractivity contribution in [3.05, 3.63) is 0 Å². The van der Waals surface area contributed by atoms with E-state index in [4.69, 9.17) is 9.47 Å². The SMILES string of the molecule is CCCCCCCCCCC(CCCCCCCC)COC(=O)OCC(CCCCCCCC)CCCCCCCCCC. The Bertz CT molecular complexity index is 502. The maximum atomic E-state index is 12.7. The lowest BCUT2D eigenvalue weighted by molar-refractivity contribution is 0.0300. The van der Waals surface area contributed by atoms with E-state index in [9.17, 15) is 4.79 Å². The molecule has 0 aromatic rings. The van der Waals surface area contributed by atoms with E-state index in [0.29, 0.717) is 25.0 Å². The van der Waals surface area contributed by atoms with Gasteiger partial charge < -0.3 is 9.47 Å². The lowest BCUT2D eigenvalue weighted by atomic mass is 9.94. The first kappa shape index (κ1) is 43.3. The maximum Gasteiger partial charge on any atom is 0.508 e. The summed E-state index contributed by atoms with van der Waals surface area (Å²) in [4.78, 5) is 12.7. The molecule has 0 saturated heterocycles. The molecular weight excluding hydrogens is 540 g/mol. The summed E-state index contributed by atoms with van der Waals surface area (Å²) in [5.74, 6) is 0.982. The van der Waals surface area contributed by atoms with Gasteiger partial charge in [0.1, 0.15) is 0 Å². The standard InChI is InChI=1S/C41H82O3/c1-5-9-13-17-21-23-27-31-35-39(33-29-25-19-15-11-7-3)37-43-41(42)44-38-40(34-30-26-20-16-12-8-4)36-32-28-24-22-18-14-10-6-2/h39-40H,5-38H2,1-4H3. The molecular formula is C41H82O3. The molecule has 264 valence electrons. The Morgan fingerprint density at radius 3 is 0.773 bits per heavy atom. The topological polar surface area (TPSA) is 35.5 Å². The van der Waals surface area contributed by atoms with Crippen LogP contribution in [0.5, 0.6) is 0 Å². The molecule has 0 saturated carbocycles. The number of carbonyl (C=O) groups is 1. The molecule has 0 N–H and O–H groups in total. The summed E-state index contributed by atoms with van der Waals surface area (Å²) in [7, 11) is 0. The van der Waals surface area contributed by atoms with Gasteiger partial charge in [-0.25, -0.2) is 4.79 Å². The molecule has 0 aliphatic rings. The van der Waals surface area contributed by atoms with Gasteiger partial charge in [0.25, 0.3) is 0 Å². The number of unbranched alkanes of at least 4 members (excludes halogenated alkanes) is 24. The number of rotatable bonds is 36. The van der Waals surface area contributed by atoms with Crippen LogP contribution in [-0.4, -0.2) is 19.4 Å². The van der Waals surface area contributed by atoms with Crippen LogP contribution in [0.15, 0.2) is 0 Å². The van der Waals surface area contributed by atoms with Crippen LogP contribution in [-0.2, 0) is 9.47 Å². The van der Waals surface area contributed by atoms with Gasteiger partial charge in [0, 0.05) is 0 Å². The number of carbonyl (C=O) groups excluding carboxylic acids is 1. The third-order valence-corrected chi connectivity index (χ3v) is 9.74. The molecule has 0 rings (SSSR count). The van der Waals surface area contributed by atoms with Gasteiger partial charge >= 0.3 is 6.16 Å². The molecule has 0 heterocycles. The van der Waals surface area contributed by atoms with Gasteiger partial charge in [0.2, 0.25) is 0 Å². The fourth-order valence-corrected chi connectivity index (χ4v) is 6.60. The monoisotopic (exact) mass is 623 g/mol. The highest BCUT2D eigenvalue weighted by molar-refractivity contribution is 5.59. The van der Waals surface area contributed by atoms with Crippen LogP contribution >= 0.6 is 0 Å². The van der Waals surface area contributed by atoms with Crippen molar-refractivity contribution in [3.63, 3.8) is 0 Å². The van der Waals surface area contributed by atoms with Gasteiger partial charge in [-0.3, -0.25) is 0 Å². The third-order valence-electron chi connectivity index (χ3n) is 9.74. The van der Waals surface area contributed by atoms with E-state index in [1.54, 1.807) is 0 Å². The molecule has 44 heavy (non-hydrogen) atoms. The van der Waals surface area contributed by atoms with Gasteiger partial charge in [-0.2, -0.15) is 0 Å². The quantitative estimate of drug-likeness (QED) is 0.0515. The van der Waals surface area contributed by atoms with E-state index in [0.717, 1.165) is 0 Å². The maximum absolute atomic E-state index is 12.7. The Hall–Kier alpha value is -0.730. The normalized spacial score (nSPS) is 12.8. The smallest absolute Gasteiger partial charge is 0.434 e. The van der Waals surface area contributed by atoms with Crippen LogP contribution in [0, 0.1) is 11.8 Å². The molecule has 0 aliphatic carbocycles. The largest absolute Gasteiger partial charge is 0.508 e. The van der Waals surface area contributed by atoms with Crippen molar-refractivity contribution in [1.29, 1.82) is 0 Å². The van der Waals surface area contributed by atoms with Crippen LogP contribution in [0.4, 0.5) is 4.79 Å². The van der Waals surface area contributed by atoms with Crippen molar-refractivity contribution in [2.45, 2.75) is 233 Å². The minimum atomic E-state index is -0.419. The first-order valence-electron chi connectivity index (χ1n) is 20.5. The molecule has 0 amide bonds. The molecule has 0 aromatic heterocycles. The molecule has 0 aromatic carbocycles. The van der Waals surface area contributed by atoms with Gasteiger partial charge in [-0.15, -0.1) is 0 Å². The number of hydrogen-bond donors (Lipinski definition) is 0. The zero-order valence-corrected chi connectivity index (χ0v) is 30.9. The highest BCUT2D eigenvalue weighted by Crippen LogP contribution is 2.22. The average molecular weight is 623 g/mol. The molecule has 3 nitrogen and oxygen atoms in total. The number of ether oxygens (including phenoxy) is 2. The molecule has 3 heteroatoms. The predicted molar refractivity (Wildman–Crippen MR) is 195 cm³/mol. The Balaban J connectivity index is 4.52. The summed E-state index contributed by atoms with van der Waals surface area (Å²) in [5.41, 5.74) is 0. The zero-order valence-electron chi connectivity index (χ0n) is 30.9. The Labute approximate surface area is 278 Å². The second kappa shape index (κ2) is 36.7. The summed E-state index contributed by atoms with van der Waals surface area (Å²) in [6, 6.07) is 0. The van der Waals surface area contributed by atoms with Crippen LogP contribution in [0.3, 0.4) is 0 Å². The lowest BCUT2D eigenvalue weighted by Crippen LogP contribution is -2.19. The van der Waals surface area contributed by atoms with Crippen molar-refractivity contribution in [1.82, 2.24) is 0 Å². The third kappa shape index (κ3) is 32.7. The average Bonchev–Trinajstić information content (AvgIpc) is 3.03. The second-order valence-electron chi connectivity index (χ2n) is 14.2. The molecule has 2 atom stereocenters. The van der Waals surface area contributed by atoms with Crippen molar-refractivity contribution in [3.8, 4) is 0 Å². The van der Waals surface area contributed by atoms with Gasteiger partial charge in [-0.05, 0) is 37.5 Å². The van der Waals surface area contributed by atoms with Crippen molar-refractivity contribution < 1.29 is 14.3 Å². The minimum absolute atomic E-state index is 0.419. The molecule has 2 unspecified atom stereocenters. The summed E-state index contributed by atoms with van der Waals surface area (Å²) < 4.78 is 11.5. The lowest BCUT2D eigenvalue weighted by Gasteiger charge is -2.19.